The third kappa shape index (κ3) is 4.42. The molecule has 0 saturated heterocycles. The molecule has 0 spiro atoms. The van der Waals surface area contributed by atoms with Crippen molar-refractivity contribution >= 4 is 28.7 Å². The Balaban J connectivity index is 1.73. The Morgan fingerprint density at radius 2 is 1.76 bits per heavy atom. The minimum Gasteiger partial charge on any atom is -0.437 e. The SMILES string of the molecule is CCNc1nc2oc(-c3ccc(F)cc3)c(C(=O)NC)c2cc1-c1cc(C(=O)NC2=C=CC2)c(F)cc1F. The summed E-state index contributed by atoms with van der Waals surface area (Å²) in [6, 6.07) is 8.62. The summed E-state index contributed by atoms with van der Waals surface area (Å²) in [6.45, 7) is 2.20. The lowest BCUT2D eigenvalue weighted by Crippen LogP contribution is -2.25. The van der Waals surface area contributed by atoms with Crippen LogP contribution in [0.2, 0.25) is 0 Å². The second-order valence-corrected chi connectivity index (χ2v) is 8.46. The molecule has 5 rings (SSSR count). The van der Waals surface area contributed by atoms with Gasteiger partial charge in [-0.15, -0.1) is 5.73 Å². The van der Waals surface area contributed by atoms with Crippen molar-refractivity contribution in [2.45, 2.75) is 13.3 Å². The zero-order valence-corrected chi connectivity index (χ0v) is 20.3. The van der Waals surface area contributed by atoms with Crippen molar-refractivity contribution in [1.82, 2.24) is 15.6 Å². The van der Waals surface area contributed by atoms with E-state index in [1.807, 2.05) is 0 Å². The number of furan rings is 1. The first-order chi connectivity index (χ1) is 18.3. The maximum absolute atomic E-state index is 15.2. The molecular weight excluding hydrogens is 497 g/mol. The first-order valence-electron chi connectivity index (χ1n) is 11.7. The van der Waals surface area contributed by atoms with Crippen LogP contribution in [-0.4, -0.2) is 30.4 Å². The fourth-order valence-electron chi connectivity index (χ4n) is 4.11. The first-order valence-corrected chi connectivity index (χ1v) is 11.7. The predicted molar refractivity (Wildman–Crippen MR) is 136 cm³/mol. The van der Waals surface area contributed by atoms with E-state index >= 15 is 4.39 Å². The van der Waals surface area contributed by atoms with Crippen LogP contribution < -0.4 is 16.0 Å². The van der Waals surface area contributed by atoms with Crippen LogP contribution in [0.4, 0.5) is 19.0 Å². The number of nitrogens with zero attached hydrogens (tertiary/aromatic N) is 1. The first kappa shape index (κ1) is 24.9. The molecular formula is C28H21F3N4O3. The molecule has 1 aliphatic carbocycles. The fourth-order valence-corrected chi connectivity index (χ4v) is 4.11. The Morgan fingerprint density at radius 1 is 1.03 bits per heavy atom. The Hall–Kier alpha value is -4.82. The molecule has 2 aromatic heterocycles. The topological polar surface area (TPSA) is 96.3 Å². The number of carbonyl (C=O) groups excluding carboxylic acids is 2. The number of anilines is 1. The van der Waals surface area contributed by atoms with Crippen LogP contribution in [0.1, 0.15) is 34.1 Å². The van der Waals surface area contributed by atoms with Gasteiger partial charge in [-0.05, 0) is 49.4 Å². The highest BCUT2D eigenvalue weighted by Crippen LogP contribution is 2.39. The minimum atomic E-state index is -1.03. The van der Waals surface area contributed by atoms with Gasteiger partial charge in [0.05, 0.1) is 22.2 Å². The Labute approximate surface area is 215 Å². The highest BCUT2D eigenvalue weighted by Gasteiger charge is 2.26. The van der Waals surface area contributed by atoms with Gasteiger partial charge in [-0.25, -0.2) is 13.2 Å². The van der Waals surface area contributed by atoms with E-state index < -0.39 is 29.3 Å². The molecule has 0 aliphatic heterocycles. The van der Waals surface area contributed by atoms with Gasteiger partial charge in [-0.3, -0.25) is 9.59 Å². The smallest absolute Gasteiger partial charge is 0.258 e. The quantitative estimate of drug-likeness (QED) is 0.279. The van der Waals surface area contributed by atoms with Crippen molar-refractivity contribution in [3.63, 3.8) is 0 Å². The summed E-state index contributed by atoms with van der Waals surface area (Å²) < 4.78 is 49.3. The van der Waals surface area contributed by atoms with Crippen LogP contribution in [-0.2, 0) is 0 Å². The lowest BCUT2D eigenvalue weighted by molar-refractivity contribution is 0.0954. The van der Waals surface area contributed by atoms with Crippen LogP contribution >= 0.6 is 0 Å². The Kier molecular flexibility index (Phi) is 6.48. The summed E-state index contributed by atoms with van der Waals surface area (Å²) in [7, 11) is 1.44. The molecule has 10 heteroatoms. The van der Waals surface area contributed by atoms with E-state index in [9.17, 15) is 18.4 Å². The average molecular weight is 518 g/mol. The summed E-state index contributed by atoms with van der Waals surface area (Å²) in [5, 5.41) is 8.37. The van der Waals surface area contributed by atoms with Crippen LogP contribution in [0.25, 0.3) is 33.6 Å². The maximum Gasteiger partial charge on any atom is 0.258 e. The third-order valence-corrected chi connectivity index (χ3v) is 6.03. The highest BCUT2D eigenvalue weighted by molar-refractivity contribution is 6.11. The number of fused-ring (bicyclic) bond motifs is 1. The van der Waals surface area contributed by atoms with E-state index in [2.05, 4.69) is 26.7 Å². The molecule has 7 nitrogen and oxygen atoms in total. The number of carbonyl (C=O) groups is 2. The largest absolute Gasteiger partial charge is 0.437 e. The zero-order valence-electron chi connectivity index (χ0n) is 20.3. The lowest BCUT2D eigenvalue weighted by atomic mass is 9.99. The molecule has 0 unspecified atom stereocenters. The van der Waals surface area contributed by atoms with Crippen molar-refractivity contribution in [3.05, 3.63) is 88.5 Å². The Morgan fingerprint density at radius 3 is 2.39 bits per heavy atom. The van der Waals surface area contributed by atoms with Crippen LogP contribution in [0.5, 0.6) is 0 Å². The van der Waals surface area contributed by atoms with Crippen LogP contribution in [0, 0.1) is 17.5 Å². The van der Waals surface area contributed by atoms with Gasteiger partial charge in [0, 0.05) is 42.8 Å². The van der Waals surface area contributed by atoms with Crippen molar-refractivity contribution < 1.29 is 27.2 Å². The molecule has 192 valence electrons. The monoisotopic (exact) mass is 518 g/mol. The normalized spacial score (nSPS) is 12.2. The number of hydrogen-bond donors (Lipinski definition) is 3. The van der Waals surface area contributed by atoms with E-state index in [0.717, 1.165) is 6.07 Å². The summed E-state index contributed by atoms with van der Waals surface area (Å²) in [5.74, 6) is -3.32. The molecule has 0 fully saturated rings. The van der Waals surface area contributed by atoms with Gasteiger partial charge in [0.15, 0.2) is 0 Å². The molecule has 2 aromatic carbocycles. The van der Waals surface area contributed by atoms with Crippen molar-refractivity contribution in [2.75, 3.05) is 18.9 Å². The summed E-state index contributed by atoms with van der Waals surface area (Å²) in [5.41, 5.74) is 3.61. The van der Waals surface area contributed by atoms with Gasteiger partial charge in [-0.2, -0.15) is 4.98 Å². The van der Waals surface area contributed by atoms with Gasteiger partial charge >= 0.3 is 0 Å². The molecule has 0 saturated carbocycles. The van der Waals surface area contributed by atoms with Crippen molar-refractivity contribution in [3.8, 4) is 22.5 Å². The summed E-state index contributed by atoms with van der Waals surface area (Å²) >= 11 is 0. The number of rotatable bonds is 7. The van der Waals surface area contributed by atoms with E-state index in [1.165, 1.54) is 37.4 Å². The van der Waals surface area contributed by atoms with E-state index in [-0.39, 0.29) is 44.9 Å². The number of amides is 2. The second-order valence-electron chi connectivity index (χ2n) is 8.46. The van der Waals surface area contributed by atoms with Crippen LogP contribution in [0.3, 0.4) is 0 Å². The number of hydrogen-bond acceptors (Lipinski definition) is 5. The molecule has 2 amide bonds. The van der Waals surface area contributed by atoms with E-state index in [0.29, 0.717) is 30.3 Å². The molecule has 0 radical (unpaired) electrons. The fraction of sp³-hybridized carbons (Fsp3) is 0.143. The predicted octanol–water partition coefficient (Wildman–Crippen LogP) is 5.54. The molecule has 1 aliphatic rings. The van der Waals surface area contributed by atoms with Gasteiger partial charge in [0.25, 0.3) is 11.8 Å². The summed E-state index contributed by atoms with van der Waals surface area (Å²) in [4.78, 5) is 30.1. The maximum atomic E-state index is 15.2. The van der Waals surface area contributed by atoms with Crippen molar-refractivity contribution in [2.24, 2.45) is 0 Å². The number of pyridine rings is 1. The zero-order chi connectivity index (χ0) is 27.0. The van der Waals surface area contributed by atoms with Gasteiger partial charge in [0.1, 0.15) is 29.0 Å². The number of benzene rings is 2. The van der Waals surface area contributed by atoms with Gasteiger partial charge in [-0.1, -0.05) is 0 Å². The molecule has 2 heterocycles. The number of halogens is 3. The molecule has 0 bridgehead atoms. The standard InChI is InChI=1S/C28H21F3N4O3/c1-3-33-25-18(17-11-19(22(31)13-21(17)30)26(36)34-16-5-4-6-16)12-20-23(27(37)32-2)24(38-28(20)35-25)14-7-9-15(29)10-8-14/h4,7-13H,3,5H2,1-2H3,(H,32,37)(H,33,35)(H,34,36). The Bertz CT molecular complexity index is 1670. The minimum absolute atomic E-state index is 0.0758. The molecule has 3 N–H and O–H groups in total. The highest BCUT2D eigenvalue weighted by atomic mass is 19.1. The average Bonchev–Trinajstić information content (AvgIpc) is 3.24. The number of aromatic nitrogens is 1. The van der Waals surface area contributed by atoms with Gasteiger partial charge in [0.2, 0.25) is 5.71 Å². The second kappa shape index (κ2) is 9.91. The molecule has 38 heavy (non-hydrogen) atoms. The lowest BCUT2D eigenvalue weighted by Gasteiger charge is -2.14. The summed E-state index contributed by atoms with van der Waals surface area (Å²) in [6.07, 6.45) is 2.20. The van der Waals surface area contributed by atoms with Crippen molar-refractivity contribution in [1.29, 1.82) is 0 Å². The molecule has 4 aromatic rings. The van der Waals surface area contributed by atoms with Crippen LogP contribution in [0.15, 0.2) is 64.4 Å². The number of nitrogens with one attached hydrogen (secondary N) is 3. The molecule has 0 atom stereocenters. The third-order valence-electron chi connectivity index (χ3n) is 6.03. The van der Waals surface area contributed by atoms with E-state index in [1.54, 1.807) is 13.0 Å². The van der Waals surface area contributed by atoms with Gasteiger partial charge < -0.3 is 20.4 Å². The van der Waals surface area contributed by atoms with E-state index in [4.69, 9.17) is 4.42 Å².